The zero-order valence-corrected chi connectivity index (χ0v) is 27.5. The molecule has 11 N–H and O–H groups in total. The molecular weight excluding hydrogens is 696 g/mol. The molecule has 5 fully saturated rings. The number of hydrogen-bond acceptors (Lipinski definition) is 21. The van der Waals surface area contributed by atoms with Crippen LogP contribution in [0, 0.1) is 0 Å². The van der Waals surface area contributed by atoms with Gasteiger partial charge in [-0.25, -0.2) is 0 Å². The molecule has 5 saturated heterocycles. The lowest BCUT2D eigenvalue weighted by Gasteiger charge is -2.21. The van der Waals surface area contributed by atoms with E-state index in [1.807, 2.05) is 0 Å². The largest absolute Gasteiger partial charge is 0.394 e. The van der Waals surface area contributed by atoms with Crippen molar-refractivity contribution >= 4 is 0 Å². The lowest BCUT2D eigenvalue weighted by Crippen LogP contribution is -2.39. The second-order valence-electron chi connectivity index (χ2n) is 12.9. The van der Waals surface area contributed by atoms with E-state index in [4.69, 9.17) is 47.4 Å². The number of allylic oxidation sites excluding steroid dienone is 1. The Labute approximate surface area is 291 Å². The van der Waals surface area contributed by atoms with Gasteiger partial charge in [0.25, 0.3) is 0 Å². The van der Waals surface area contributed by atoms with Crippen molar-refractivity contribution < 1.29 is 104 Å². The summed E-state index contributed by atoms with van der Waals surface area (Å²) < 4.78 is 54.7. The summed E-state index contributed by atoms with van der Waals surface area (Å²) in [7, 11) is 0. The van der Waals surface area contributed by atoms with Crippen LogP contribution in [-0.2, 0) is 47.4 Å². The fourth-order valence-electron chi connectivity index (χ4n) is 6.15. The third-order valence-electron chi connectivity index (χ3n) is 9.31. The second kappa shape index (κ2) is 18.5. The van der Waals surface area contributed by atoms with Crippen LogP contribution < -0.4 is 0 Å². The SMILES string of the molecule is C=CCCCO[C@H]1O[C@H](CO[C@H]2O[C@H](CO[C@H]3O[C@H](CO[C@H]4O[C@H](CO[C@H]5O[C@H](CO)[C@@H](O)[C@@H]5O)[C@@H](O)[C@@H]4O)[C@@H](O)[C@@H]3O)[C@@H](O)[C@@H]2O)[C@@H](O)[C@@H]1O. The third kappa shape index (κ3) is 9.41. The maximum atomic E-state index is 10.5. The van der Waals surface area contributed by atoms with Crippen LogP contribution >= 0.6 is 0 Å². The van der Waals surface area contributed by atoms with Crippen LogP contribution in [0.5, 0.6) is 0 Å². The summed E-state index contributed by atoms with van der Waals surface area (Å²) in [4.78, 5) is 0. The molecule has 296 valence electrons. The van der Waals surface area contributed by atoms with E-state index in [-0.39, 0.29) is 13.2 Å². The van der Waals surface area contributed by atoms with Gasteiger partial charge < -0.3 is 104 Å². The molecule has 20 atom stereocenters. The maximum absolute atomic E-state index is 10.5. The summed E-state index contributed by atoms with van der Waals surface area (Å²) in [5, 5.41) is 112. The molecule has 5 aliphatic heterocycles. The Kier molecular flexibility index (Phi) is 14.9. The number of aliphatic hydroxyl groups is 11. The van der Waals surface area contributed by atoms with Crippen molar-refractivity contribution in [1.82, 2.24) is 0 Å². The first-order valence-corrected chi connectivity index (χ1v) is 16.7. The standard InChI is InChI=1S/C30H50O21/c1-2-3-4-5-42-26-22(38)17(33)12(48-26)7-44-28-24(40)19(35)14(50-28)9-46-30-25(41)20(36)15(51-30)10-45-29-23(39)18(34)13(49-29)8-43-27-21(37)16(32)11(6-31)47-27/h2,11-41H,1,3-10H2/t11-,12-,13-,14-,15-,16-,17-,18-,19-,20-,21+,22+,23+,24+,25+,26+,27+,28+,29+,30+/m1/s1. The predicted octanol–water partition coefficient (Wildman–Crippen LogP) is -6.74. The Morgan fingerprint density at radius 3 is 0.961 bits per heavy atom. The molecule has 0 spiro atoms. The van der Waals surface area contributed by atoms with E-state index in [0.29, 0.717) is 12.8 Å². The molecule has 0 aromatic heterocycles. The van der Waals surface area contributed by atoms with Crippen molar-refractivity contribution in [3.63, 3.8) is 0 Å². The highest BCUT2D eigenvalue weighted by Crippen LogP contribution is 2.30. The number of hydrogen-bond donors (Lipinski definition) is 11. The highest BCUT2D eigenvalue weighted by atomic mass is 16.8. The Balaban J connectivity index is 1.02. The van der Waals surface area contributed by atoms with Crippen molar-refractivity contribution in [2.75, 3.05) is 39.6 Å². The Morgan fingerprint density at radius 1 is 0.412 bits per heavy atom. The van der Waals surface area contributed by atoms with Crippen LogP contribution in [0.15, 0.2) is 12.7 Å². The smallest absolute Gasteiger partial charge is 0.186 e. The van der Waals surface area contributed by atoms with Gasteiger partial charge >= 0.3 is 0 Å². The number of unbranched alkanes of at least 4 members (excludes halogenated alkanes) is 1. The molecule has 5 rings (SSSR count). The molecule has 0 aliphatic carbocycles. The van der Waals surface area contributed by atoms with E-state index >= 15 is 0 Å². The average Bonchev–Trinajstić information content (AvgIpc) is 3.83. The lowest BCUT2D eigenvalue weighted by molar-refractivity contribution is -0.228. The summed E-state index contributed by atoms with van der Waals surface area (Å²) in [6.07, 6.45) is -24.1. The van der Waals surface area contributed by atoms with Crippen molar-refractivity contribution in [1.29, 1.82) is 0 Å². The fourth-order valence-corrected chi connectivity index (χ4v) is 6.15. The number of aliphatic hydroxyl groups excluding tert-OH is 11. The second-order valence-corrected chi connectivity index (χ2v) is 12.9. The van der Waals surface area contributed by atoms with Crippen LogP contribution in [0.1, 0.15) is 12.8 Å². The van der Waals surface area contributed by atoms with E-state index in [1.165, 1.54) is 0 Å². The van der Waals surface area contributed by atoms with Gasteiger partial charge in [-0.2, -0.15) is 0 Å². The number of rotatable bonds is 18. The molecule has 0 radical (unpaired) electrons. The van der Waals surface area contributed by atoms with Crippen LogP contribution in [-0.4, -0.2) is 219 Å². The fraction of sp³-hybridized carbons (Fsp3) is 0.933. The molecule has 5 aliphatic rings. The van der Waals surface area contributed by atoms with E-state index in [1.54, 1.807) is 6.08 Å². The van der Waals surface area contributed by atoms with E-state index < -0.39 is 149 Å². The summed E-state index contributed by atoms with van der Waals surface area (Å²) in [5.74, 6) is 0. The van der Waals surface area contributed by atoms with E-state index in [2.05, 4.69) is 6.58 Å². The van der Waals surface area contributed by atoms with Crippen molar-refractivity contribution in [3.8, 4) is 0 Å². The Morgan fingerprint density at radius 2 is 0.686 bits per heavy atom. The van der Waals surface area contributed by atoms with Crippen LogP contribution in [0.2, 0.25) is 0 Å². The van der Waals surface area contributed by atoms with E-state index in [9.17, 15) is 56.2 Å². The maximum Gasteiger partial charge on any atom is 0.186 e. The van der Waals surface area contributed by atoms with Crippen LogP contribution in [0.3, 0.4) is 0 Å². The zero-order chi connectivity index (χ0) is 37.0. The summed E-state index contributed by atoms with van der Waals surface area (Å²) in [6.45, 7) is 1.70. The molecule has 0 aromatic carbocycles. The van der Waals surface area contributed by atoms with Gasteiger partial charge in [0.2, 0.25) is 0 Å². The monoisotopic (exact) mass is 746 g/mol. The van der Waals surface area contributed by atoms with Gasteiger partial charge in [-0.1, -0.05) is 6.08 Å². The minimum Gasteiger partial charge on any atom is -0.394 e. The molecule has 0 amide bonds. The molecule has 51 heavy (non-hydrogen) atoms. The number of ether oxygens (including phenoxy) is 10. The first-order chi connectivity index (χ1) is 24.4. The van der Waals surface area contributed by atoms with Crippen LogP contribution in [0.4, 0.5) is 0 Å². The average molecular weight is 747 g/mol. The Hall–Kier alpha value is -1.10. The highest BCUT2D eigenvalue weighted by Gasteiger charge is 2.51. The van der Waals surface area contributed by atoms with Gasteiger partial charge in [0.1, 0.15) is 91.6 Å². The van der Waals surface area contributed by atoms with Crippen LogP contribution in [0.25, 0.3) is 0 Å². The molecule has 21 heteroatoms. The molecule has 21 nitrogen and oxygen atoms in total. The molecule has 0 bridgehead atoms. The minimum atomic E-state index is -1.59. The van der Waals surface area contributed by atoms with Crippen molar-refractivity contribution in [3.05, 3.63) is 12.7 Å². The minimum absolute atomic E-state index is 0.264. The van der Waals surface area contributed by atoms with Gasteiger partial charge in [-0.3, -0.25) is 0 Å². The Bertz CT molecular complexity index is 1070. The molecule has 0 unspecified atom stereocenters. The van der Waals surface area contributed by atoms with Gasteiger partial charge in [-0.05, 0) is 12.8 Å². The lowest BCUT2D eigenvalue weighted by atomic mass is 10.1. The van der Waals surface area contributed by atoms with Gasteiger partial charge in [-0.15, -0.1) is 6.58 Å². The zero-order valence-electron chi connectivity index (χ0n) is 27.5. The molecular formula is C30H50O21. The third-order valence-corrected chi connectivity index (χ3v) is 9.31. The summed E-state index contributed by atoms with van der Waals surface area (Å²) in [6, 6.07) is 0. The van der Waals surface area contributed by atoms with Gasteiger partial charge in [0.15, 0.2) is 31.5 Å². The first kappa shape index (κ1) is 41.1. The summed E-state index contributed by atoms with van der Waals surface area (Å²) in [5.41, 5.74) is 0. The topological polar surface area (TPSA) is 315 Å². The van der Waals surface area contributed by atoms with Crippen molar-refractivity contribution in [2.24, 2.45) is 0 Å². The highest BCUT2D eigenvalue weighted by molar-refractivity contribution is 4.93. The summed E-state index contributed by atoms with van der Waals surface area (Å²) >= 11 is 0. The molecule has 0 saturated carbocycles. The molecule has 0 aromatic rings. The van der Waals surface area contributed by atoms with Gasteiger partial charge in [0, 0.05) is 0 Å². The first-order valence-electron chi connectivity index (χ1n) is 16.7. The van der Waals surface area contributed by atoms with E-state index in [0.717, 1.165) is 0 Å². The predicted molar refractivity (Wildman–Crippen MR) is 160 cm³/mol. The quantitative estimate of drug-likeness (QED) is 0.0459. The van der Waals surface area contributed by atoms with Gasteiger partial charge in [0.05, 0.1) is 39.6 Å². The van der Waals surface area contributed by atoms with Crippen molar-refractivity contribution in [2.45, 2.75) is 136 Å². The molecule has 5 heterocycles. The normalized spacial score (nSPS) is 48.6.